The van der Waals surface area contributed by atoms with Crippen LogP contribution in [-0.2, 0) is 4.74 Å². The smallest absolute Gasteiger partial charge is 0.0588 e. The number of hydrogen-bond donors (Lipinski definition) is 1. The first-order valence-corrected chi connectivity index (χ1v) is 2.84. The van der Waals surface area contributed by atoms with Gasteiger partial charge in [-0.3, -0.25) is 0 Å². The van der Waals surface area contributed by atoms with Crippen molar-refractivity contribution in [3.8, 4) is 0 Å². The van der Waals surface area contributed by atoms with Gasteiger partial charge in [0.1, 0.15) is 0 Å². The molecular formula is C6H14NO. The summed E-state index contributed by atoms with van der Waals surface area (Å²) in [5.74, 6) is 1.29. The number of ether oxygens (including phenoxy) is 1. The van der Waals surface area contributed by atoms with E-state index in [0.29, 0.717) is 13.2 Å². The van der Waals surface area contributed by atoms with Crippen LogP contribution in [0.1, 0.15) is 13.8 Å². The highest BCUT2D eigenvalue weighted by Gasteiger charge is 1.90. The largest absolute Gasteiger partial charge is 0.380 e. The molecule has 0 atom stereocenters. The van der Waals surface area contributed by atoms with E-state index >= 15 is 0 Å². The fourth-order valence-electron chi connectivity index (χ4n) is 0.360. The van der Waals surface area contributed by atoms with Gasteiger partial charge < -0.3 is 10.5 Å². The number of rotatable bonds is 4. The normalized spacial score (nSPS) is 10.5. The van der Waals surface area contributed by atoms with E-state index < -0.39 is 0 Å². The average molecular weight is 116 g/mol. The van der Waals surface area contributed by atoms with Crippen LogP contribution in [0.15, 0.2) is 0 Å². The molecule has 0 rings (SSSR count). The lowest BCUT2D eigenvalue weighted by Crippen LogP contribution is -2.10. The van der Waals surface area contributed by atoms with Crippen LogP contribution >= 0.6 is 0 Å². The van der Waals surface area contributed by atoms with Gasteiger partial charge in [0.25, 0.3) is 0 Å². The molecule has 0 unspecified atom stereocenters. The first kappa shape index (κ1) is 7.92. The van der Waals surface area contributed by atoms with Crippen molar-refractivity contribution in [3.63, 3.8) is 0 Å². The van der Waals surface area contributed by atoms with Gasteiger partial charge in [0.2, 0.25) is 0 Å². The lowest BCUT2D eigenvalue weighted by atomic mass is 10.2. The van der Waals surface area contributed by atoms with Gasteiger partial charge in [-0.2, -0.15) is 0 Å². The van der Waals surface area contributed by atoms with Gasteiger partial charge in [-0.1, -0.05) is 13.8 Å². The predicted octanol–water partition coefficient (Wildman–Crippen LogP) is 0.576. The molecule has 0 amide bonds. The molecular weight excluding hydrogens is 102 g/mol. The van der Waals surface area contributed by atoms with Gasteiger partial charge in [0.05, 0.1) is 13.2 Å². The van der Waals surface area contributed by atoms with Crippen LogP contribution in [0.5, 0.6) is 0 Å². The van der Waals surface area contributed by atoms with Gasteiger partial charge in [-0.05, 0) is 5.92 Å². The third-order valence-corrected chi connectivity index (χ3v) is 0.653. The highest BCUT2D eigenvalue weighted by atomic mass is 16.5. The fraction of sp³-hybridized carbons (Fsp3) is 0.833. The predicted molar refractivity (Wildman–Crippen MR) is 34.5 cm³/mol. The monoisotopic (exact) mass is 116 g/mol. The summed E-state index contributed by atoms with van der Waals surface area (Å²) in [5.41, 5.74) is 5.18. The molecule has 0 aromatic carbocycles. The van der Waals surface area contributed by atoms with Crippen molar-refractivity contribution in [2.75, 3.05) is 19.8 Å². The van der Waals surface area contributed by atoms with Crippen LogP contribution < -0.4 is 5.73 Å². The third kappa shape index (κ3) is 5.92. The van der Waals surface area contributed by atoms with Crippen molar-refractivity contribution in [1.29, 1.82) is 0 Å². The molecule has 0 aromatic heterocycles. The molecule has 0 saturated carbocycles. The van der Waals surface area contributed by atoms with E-state index in [9.17, 15) is 0 Å². The quantitative estimate of drug-likeness (QED) is 0.545. The molecule has 8 heavy (non-hydrogen) atoms. The summed E-state index contributed by atoms with van der Waals surface area (Å²) >= 11 is 0. The van der Waals surface area contributed by atoms with E-state index in [1.54, 1.807) is 0 Å². The summed E-state index contributed by atoms with van der Waals surface area (Å²) < 4.78 is 5.08. The molecule has 0 saturated heterocycles. The molecule has 0 aliphatic heterocycles. The third-order valence-electron chi connectivity index (χ3n) is 0.653. The molecule has 2 nitrogen and oxygen atoms in total. The zero-order valence-corrected chi connectivity index (χ0v) is 5.61. The molecule has 0 bridgehead atoms. The molecule has 49 valence electrons. The summed E-state index contributed by atoms with van der Waals surface area (Å²) in [6.07, 6.45) is 0. The zero-order valence-electron chi connectivity index (χ0n) is 5.61. The lowest BCUT2D eigenvalue weighted by Gasteiger charge is -2.02. The van der Waals surface area contributed by atoms with Crippen LogP contribution in [0.2, 0.25) is 0 Å². The maximum absolute atomic E-state index is 5.18. The van der Waals surface area contributed by atoms with Gasteiger partial charge in [-0.25, -0.2) is 0 Å². The highest BCUT2D eigenvalue weighted by Crippen LogP contribution is 1.93. The van der Waals surface area contributed by atoms with Crippen molar-refractivity contribution in [1.82, 2.24) is 0 Å². The average Bonchev–Trinajstić information content (AvgIpc) is 1.66. The Bertz CT molecular complexity index is 45.8. The highest BCUT2D eigenvalue weighted by molar-refractivity contribution is 4.74. The fourth-order valence-corrected chi connectivity index (χ4v) is 0.360. The molecule has 0 aliphatic rings. The van der Waals surface area contributed by atoms with Gasteiger partial charge in [0, 0.05) is 6.54 Å². The lowest BCUT2D eigenvalue weighted by molar-refractivity contribution is 0.152. The van der Waals surface area contributed by atoms with Crippen molar-refractivity contribution >= 4 is 0 Å². The Hall–Kier alpha value is -0.0800. The van der Waals surface area contributed by atoms with Crippen LogP contribution in [0, 0.1) is 5.92 Å². The molecule has 2 N–H and O–H groups in total. The Kier molecular flexibility index (Phi) is 5.01. The van der Waals surface area contributed by atoms with Crippen molar-refractivity contribution in [3.05, 3.63) is 5.92 Å². The van der Waals surface area contributed by atoms with E-state index in [1.807, 2.05) is 13.8 Å². The summed E-state index contributed by atoms with van der Waals surface area (Å²) in [6.45, 7) is 6.11. The van der Waals surface area contributed by atoms with Crippen LogP contribution in [0.3, 0.4) is 0 Å². The second-order valence-corrected chi connectivity index (χ2v) is 2.05. The topological polar surface area (TPSA) is 35.2 Å². The molecule has 2 heteroatoms. The minimum atomic E-state index is 0.618. The van der Waals surface area contributed by atoms with Crippen LogP contribution in [-0.4, -0.2) is 19.8 Å². The Balaban J connectivity index is 2.72. The van der Waals surface area contributed by atoms with Gasteiger partial charge >= 0.3 is 0 Å². The maximum atomic E-state index is 5.18. The van der Waals surface area contributed by atoms with Crippen molar-refractivity contribution in [2.45, 2.75) is 13.8 Å². The minimum Gasteiger partial charge on any atom is -0.380 e. The minimum absolute atomic E-state index is 0.618. The van der Waals surface area contributed by atoms with Crippen molar-refractivity contribution in [2.24, 2.45) is 5.73 Å². The second-order valence-electron chi connectivity index (χ2n) is 2.05. The Morgan fingerprint density at radius 3 is 2.50 bits per heavy atom. The molecule has 0 aliphatic carbocycles. The first-order chi connectivity index (χ1) is 3.77. The Morgan fingerprint density at radius 2 is 2.12 bits per heavy atom. The van der Waals surface area contributed by atoms with Crippen molar-refractivity contribution < 1.29 is 4.74 Å². The second kappa shape index (κ2) is 5.06. The summed E-state index contributed by atoms with van der Waals surface area (Å²) in [7, 11) is 0. The van der Waals surface area contributed by atoms with E-state index in [2.05, 4.69) is 0 Å². The van der Waals surface area contributed by atoms with Gasteiger partial charge in [0.15, 0.2) is 0 Å². The SMILES string of the molecule is C[C](C)COCCN. The number of nitrogens with two attached hydrogens (primary N) is 1. The van der Waals surface area contributed by atoms with Crippen LogP contribution in [0.25, 0.3) is 0 Å². The van der Waals surface area contributed by atoms with Crippen LogP contribution in [0.4, 0.5) is 0 Å². The molecule has 0 aromatic rings. The summed E-state index contributed by atoms with van der Waals surface area (Å²) in [6, 6.07) is 0. The first-order valence-electron chi connectivity index (χ1n) is 2.84. The zero-order chi connectivity index (χ0) is 6.41. The standard InChI is InChI=1S/C6H14NO/c1-6(2)5-8-4-3-7/h3-5,7H2,1-2H3. The van der Waals surface area contributed by atoms with E-state index in [4.69, 9.17) is 10.5 Å². The molecule has 1 radical (unpaired) electrons. The van der Waals surface area contributed by atoms with Gasteiger partial charge in [-0.15, -0.1) is 0 Å². The van der Waals surface area contributed by atoms with E-state index in [-0.39, 0.29) is 0 Å². The Morgan fingerprint density at radius 1 is 1.50 bits per heavy atom. The summed E-state index contributed by atoms with van der Waals surface area (Å²) in [4.78, 5) is 0. The molecule has 0 heterocycles. The molecule has 0 fully saturated rings. The number of hydrogen-bond acceptors (Lipinski definition) is 2. The Labute approximate surface area is 51.0 Å². The van der Waals surface area contributed by atoms with E-state index in [1.165, 1.54) is 5.92 Å². The maximum Gasteiger partial charge on any atom is 0.0588 e. The van der Waals surface area contributed by atoms with E-state index in [0.717, 1.165) is 6.61 Å². The molecule has 0 spiro atoms. The summed E-state index contributed by atoms with van der Waals surface area (Å²) in [5, 5.41) is 0.